The third-order valence-electron chi connectivity index (χ3n) is 5.03. The van der Waals surface area contributed by atoms with E-state index in [1.807, 2.05) is 79.7 Å². The quantitative estimate of drug-likeness (QED) is 0.397. The number of carbonyl (C=O) groups excluding carboxylic acids is 2. The van der Waals surface area contributed by atoms with Crippen molar-refractivity contribution in [2.45, 2.75) is 27.1 Å². The van der Waals surface area contributed by atoms with Crippen molar-refractivity contribution in [1.29, 1.82) is 0 Å². The molecule has 0 spiro atoms. The molecular weight excluding hydrogens is 476 g/mol. The molecule has 4 rings (SSSR count). The van der Waals surface area contributed by atoms with Gasteiger partial charge in [0.05, 0.1) is 11.5 Å². The van der Waals surface area contributed by atoms with Gasteiger partial charge in [0, 0.05) is 6.92 Å². The molecule has 0 fully saturated rings. The molecule has 1 aliphatic rings. The van der Waals surface area contributed by atoms with Gasteiger partial charge in [0.25, 0.3) is 5.91 Å². The lowest BCUT2D eigenvalue weighted by atomic mass is 10.2. The standard InChI is InChI=1S/C28H26N2O5S/c1-3-33-25-15-22(11-14-24(25)35-17-21-7-5-4-6-8-21)18-34-23-12-9-20(10-13-23)16-26-27(32)30-28(36-26)29-19(2)31/h4-16H,3,17-18H2,1-2H3,(H,29,30,31,32)/b26-16+. The summed E-state index contributed by atoms with van der Waals surface area (Å²) in [5.74, 6) is 1.42. The van der Waals surface area contributed by atoms with Crippen molar-refractivity contribution in [3.8, 4) is 17.2 Å². The zero-order chi connectivity index (χ0) is 25.3. The molecule has 0 aliphatic carbocycles. The average molecular weight is 503 g/mol. The summed E-state index contributed by atoms with van der Waals surface area (Å²) >= 11 is 1.14. The Hall–Kier alpha value is -4.04. The average Bonchev–Trinajstić information content (AvgIpc) is 3.21. The summed E-state index contributed by atoms with van der Waals surface area (Å²) in [4.78, 5) is 27.5. The van der Waals surface area contributed by atoms with Gasteiger partial charge in [0.2, 0.25) is 5.91 Å². The molecule has 8 heteroatoms. The molecule has 184 valence electrons. The summed E-state index contributed by atoms with van der Waals surface area (Å²) in [5, 5.41) is 2.83. The highest BCUT2D eigenvalue weighted by molar-refractivity contribution is 8.18. The second-order valence-electron chi connectivity index (χ2n) is 7.86. The second-order valence-corrected chi connectivity index (χ2v) is 8.89. The van der Waals surface area contributed by atoms with E-state index in [2.05, 4.69) is 10.3 Å². The molecule has 0 saturated heterocycles. The Bertz CT molecular complexity index is 1290. The van der Waals surface area contributed by atoms with E-state index in [0.717, 1.165) is 28.5 Å². The fraction of sp³-hybridized carbons (Fsp3) is 0.179. The van der Waals surface area contributed by atoms with E-state index in [1.165, 1.54) is 6.92 Å². The lowest BCUT2D eigenvalue weighted by Gasteiger charge is -2.14. The van der Waals surface area contributed by atoms with Gasteiger partial charge in [0.15, 0.2) is 16.7 Å². The van der Waals surface area contributed by atoms with Crippen LogP contribution in [0.25, 0.3) is 6.08 Å². The molecule has 3 aromatic carbocycles. The number of rotatable bonds is 9. The van der Waals surface area contributed by atoms with Crippen molar-refractivity contribution in [3.63, 3.8) is 0 Å². The number of amides is 2. The molecule has 0 atom stereocenters. The van der Waals surface area contributed by atoms with E-state index < -0.39 is 0 Å². The first-order valence-corrected chi connectivity index (χ1v) is 12.3. The largest absolute Gasteiger partial charge is 0.490 e. The van der Waals surface area contributed by atoms with E-state index in [-0.39, 0.29) is 11.8 Å². The Balaban J connectivity index is 1.35. The third kappa shape index (κ3) is 6.99. The van der Waals surface area contributed by atoms with E-state index >= 15 is 0 Å². The zero-order valence-electron chi connectivity index (χ0n) is 20.0. The van der Waals surface area contributed by atoms with Crippen LogP contribution in [0.4, 0.5) is 0 Å². The number of ether oxygens (including phenoxy) is 3. The molecule has 7 nitrogen and oxygen atoms in total. The van der Waals surface area contributed by atoms with Crippen molar-refractivity contribution < 1.29 is 23.8 Å². The molecular formula is C28H26N2O5S. The summed E-state index contributed by atoms with van der Waals surface area (Å²) in [6.45, 7) is 4.66. The maximum Gasteiger partial charge on any atom is 0.286 e. The second kappa shape index (κ2) is 12.1. The number of carbonyl (C=O) groups is 2. The molecule has 0 aromatic heterocycles. The van der Waals surface area contributed by atoms with E-state index in [4.69, 9.17) is 14.2 Å². The van der Waals surface area contributed by atoms with Gasteiger partial charge in [-0.15, -0.1) is 0 Å². The van der Waals surface area contributed by atoms with Crippen LogP contribution in [0.3, 0.4) is 0 Å². The Morgan fingerprint density at radius 1 is 0.917 bits per heavy atom. The van der Waals surface area contributed by atoms with Crippen molar-refractivity contribution in [3.05, 3.63) is 94.4 Å². The number of aliphatic imine (C=N–C) groups is 1. The van der Waals surface area contributed by atoms with Crippen LogP contribution in [0, 0.1) is 0 Å². The Labute approximate surface area is 214 Å². The Morgan fingerprint density at radius 2 is 1.67 bits per heavy atom. The number of amidine groups is 1. The maximum atomic E-state index is 12.0. The van der Waals surface area contributed by atoms with Gasteiger partial charge in [-0.3, -0.25) is 9.59 Å². The van der Waals surface area contributed by atoms with Crippen LogP contribution in [0.1, 0.15) is 30.5 Å². The topological polar surface area (TPSA) is 86.2 Å². The highest BCUT2D eigenvalue weighted by Gasteiger charge is 2.22. The number of benzene rings is 3. The number of hydrogen-bond acceptors (Lipinski definition) is 6. The molecule has 2 amide bonds. The molecule has 1 N–H and O–H groups in total. The lowest BCUT2D eigenvalue weighted by molar-refractivity contribution is -0.117. The van der Waals surface area contributed by atoms with Gasteiger partial charge < -0.3 is 19.5 Å². The molecule has 36 heavy (non-hydrogen) atoms. The van der Waals surface area contributed by atoms with Crippen LogP contribution < -0.4 is 19.5 Å². The number of hydrogen-bond donors (Lipinski definition) is 1. The number of nitrogens with one attached hydrogen (secondary N) is 1. The minimum absolute atomic E-state index is 0.264. The molecule has 0 bridgehead atoms. The predicted molar refractivity (Wildman–Crippen MR) is 141 cm³/mol. The highest BCUT2D eigenvalue weighted by atomic mass is 32.2. The fourth-order valence-corrected chi connectivity index (χ4v) is 4.22. The van der Waals surface area contributed by atoms with Crippen molar-refractivity contribution in [2.75, 3.05) is 6.61 Å². The van der Waals surface area contributed by atoms with Crippen LogP contribution in [0.2, 0.25) is 0 Å². The minimum Gasteiger partial charge on any atom is -0.490 e. The zero-order valence-corrected chi connectivity index (χ0v) is 20.8. The summed E-state index contributed by atoms with van der Waals surface area (Å²) < 4.78 is 17.7. The molecule has 0 saturated carbocycles. The summed E-state index contributed by atoms with van der Waals surface area (Å²) in [5.41, 5.74) is 2.87. The van der Waals surface area contributed by atoms with Crippen LogP contribution in [0.5, 0.6) is 17.2 Å². The Kier molecular flexibility index (Phi) is 8.41. The Morgan fingerprint density at radius 3 is 2.39 bits per heavy atom. The molecule has 1 heterocycles. The molecule has 0 unspecified atom stereocenters. The number of nitrogens with zero attached hydrogens (tertiary/aromatic N) is 1. The van der Waals surface area contributed by atoms with Gasteiger partial charge in [-0.25, -0.2) is 0 Å². The van der Waals surface area contributed by atoms with Gasteiger partial charge >= 0.3 is 0 Å². The van der Waals surface area contributed by atoms with Crippen molar-refractivity contribution in [2.24, 2.45) is 4.99 Å². The first-order valence-electron chi connectivity index (χ1n) is 11.5. The predicted octanol–water partition coefficient (Wildman–Crippen LogP) is 5.35. The summed E-state index contributed by atoms with van der Waals surface area (Å²) in [6.07, 6.45) is 1.73. The van der Waals surface area contributed by atoms with Gasteiger partial charge in [-0.1, -0.05) is 48.5 Å². The van der Waals surface area contributed by atoms with E-state index in [9.17, 15) is 9.59 Å². The molecule has 0 radical (unpaired) electrons. The fourth-order valence-electron chi connectivity index (χ4n) is 3.36. The molecule has 1 aliphatic heterocycles. The van der Waals surface area contributed by atoms with Gasteiger partial charge in [-0.2, -0.15) is 4.99 Å². The summed E-state index contributed by atoms with van der Waals surface area (Å²) in [6, 6.07) is 23.2. The smallest absolute Gasteiger partial charge is 0.286 e. The first-order chi connectivity index (χ1) is 17.5. The highest BCUT2D eigenvalue weighted by Crippen LogP contribution is 2.30. The minimum atomic E-state index is -0.370. The summed E-state index contributed by atoms with van der Waals surface area (Å²) in [7, 11) is 0. The normalized spacial score (nSPS) is 13.9. The maximum absolute atomic E-state index is 12.0. The van der Waals surface area contributed by atoms with Crippen LogP contribution in [0.15, 0.2) is 82.7 Å². The molecule has 3 aromatic rings. The lowest BCUT2D eigenvalue weighted by Crippen LogP contribution is -2.23. The van der Waals surface area contributed by atoms with Crippen molar-refractivity contribution in [1.82, 2.24) is 5.32 Å². The van der Waals surface area contributed by atoms with Crippen LogP contribution in [-0.4, -0.2) is 23.6 Å². The van der Waals surface area contributed by atoms with Gasteiger partial charge in [-0.05, 0) is 65.7 Å². The monoisotopic (exact) mass is 502 g/mol. The van der Waals surface area contributed by atoms with E-state index in [1.54, 1.807) is 6.08 Å². The first kappa shape index (κ1) is 25.1. The van der Waals surface area contributed by atoms with Crippen LogP contribution in [-0.2, 0) is 22.8 Å². The SMILES string of the molecule is CCOc1cc(COc2ccc(/C=C3/SC(NC(C)=O)=NC3=O)cc2)ccc1OCc1ccccc1. The number of thioether (sulfide) groups is 1. The van der Waals surface area contributed by atoms with Crippen LogP contribution >= 0.6 is 11.8 Å². The third-order valence-corrected chi connectivity index (χ3v) is 5.93. The van der Waals surface area contributed by atoms with E-state index in [0.29, 0.717) is 47.1 Å². The van der Waals surface area contributed by atoms with Crippen molar-refractivity contribution >= 4 is 34.8 Å². The van der Waals surface area contributed by atoms with Gasteiger partial charge in [0.1, 0.15) is 19.0 Å².